The highest BCUT2D eigenvalue weighted by atomic mass is 32.2. The van der Waals surface area contributed by atoms with E-state index in [-0.39, 0.29) is 14.9 Å². The van der Waals surface area contributed by atoms with Gasteiger partial charge in [0.05, 0.1) is 33.9 Å². The fourth-order valence-corrected chi connectivity index (χ4v) is 6.84. The summed E-state index contributed by atoms with van der Waals surface area (Å²) < 4.78 is 33.4. The van der Waals surface area contributed by atoms with Crippen LogP contribution in [0.15, 0.2) is 112 Å². The topological polar surface area (TPSA) is 118 Å². The van der Waals surface area contributed by atoms with E-state index >= 15 is 0 Å². The quantitative estimate of drug-likeness (QED) is 0.161. The fourth-order valence-electron chi connectivity index (χ4n) is 6.30. The Morgan fingerprint density at radius 1 is 0.976 bits per heavy atom. The molecule has 0 amide bonds. The molecule has 4 aromatic rings. The third-order valence-electron chi connectivity index (χ3n) is 8.76. The van der Waals surface area contributed by atoms with Crippen molar-refractivity contribution in [3.05, 3.63) is 114 Å². The van der Waals surface area contributed by atoms with Gasteiger partial charge >= 0.3 is 0 Å². The molecule has 0 radical (unpaired) electrons. The zero-order valence-corrected chi connectivity index (χ0v) is 23.9. The molecule has 42 heavy (non-hydrogen) atoms. The van der Waals surface area contributed by atoms with Gasteiger partial charge in [-0.25, -0.2) is 4.98 Å². The summed E-state index contributed by atoms with van der Waals surface area (Å²) in [6.07, 6.45) is 8.64. The number of hydrogen-bond donors (Lipinski definition) is 2. The monoisotopic (exact) mass is 576 g/mol. The zero-order chi connectivity index (χ0) is 29.1. The molecule has 1 saturated carbocycles. The van der Waals surface area contributed by atoms with Crippen LogP contribution in [0.5, 0.6) is 0 Å². The van der Waals surface area contributed by atoms with E-state index in [0.29, 0.717) is 6.42 Å². The molecule has 0 spiro atoms. The van der Waals surface area contributed by atoms with Crippen molar-refractivity contribution in [2.45, 2.75) is 37.5 Å². The highest BCUT2D eigenvalue weighted by Gasteiger charge is 2.57. The number of aliphatic imine (C=N–C) groups is 2. The van der Waals surface area contributed by atoms with Crippen molar-refractivity contribution in [2.75, 3.05) is 0 Å². The molecule has 3 heterocycles. The molecule has 2 aliphatic heterocycles. The van der Waals surface area contributed by atoms with Crippen LogP contribution in [0.3, 0.4) is 0 Å². The lowest BCUT2D eigenvalue weighted by atomic mass is 9.63. The van der Waals surface area contributed by atoms with Gasteiger partial charge in [0.1, 0.15) is 11.9 Å². The number of aromatic nitrogens is 1. The van der Waals surface area contributed by atoms with E-state index in [2.05, 4.69) is 23.2 Å². The molecule has 3 aromatic carbocycles. The Labute approximate surface area is 244 Å². The van der Waals surface area contributed by atoms with Gasteiger partial charge in [0.15, 0.2) is 0 Å². The maximum absolute atomic E-state index is 11.9. The van der Waals surface area contributed by atoms with E-state index in [0.717, 1.165) is 75.3 Å². The van der Waals surface area contributed by atoms with Crippen molar-refractivity contribution in [1.29, 1.82) is 0 Å². The SMILES string of the molecule is Cc1ccc(S(=O)(=O)O)cc1CC1(C2=NC(c3ccc4ccc(-c5ccccc5)nc4c3)=C3C=NC=C[N+]23N)CCC1. The van der Waals surface area contributed by atoms with Crippen molar-refractivity contribution >= 4 is 38.8 Å². The van der Waals surface area contributed by atoms with Crippen LogP contribution in [0.1, 0.15) is 36.0 Å². The summed E-state index contributed by atoms with van der Waals surface area (Å²) in [5.41, 5.74) is 6.67. The first-order valence-corrected chi connectivity index (χ1v) is 15.4. The standard InChI is InChI=1S/C33H29N5O3S/c1-22-8-12-27(42(39,40)41)18-26(22)20-33(14-5-15-33)32-37-31(30-21-35-16-17-38(30,32)34)25-10-9-24-11-13-28(36-29(24)19-25)23-6-3-2-4-7-23/h2-4,6-13,16-19,21H,5,14-15,20,34H2,1H3/p+1. The molecule has 9 heteroatoms. The Kier molecular flexibility index (Phi) is 6.11. The smallest absolute Gasteiger partial charge is 0.282 e. The van der Waals surface area contributed by atoms with Crippen LogP contribution < -0.4 is 5.84 Å². The van der Waals surface area contributed by atoms with Crippen LogP contribution in [0.4, 0.5) is 0 Å². The van der Waals surface area contributed by atoms with Gasteiger partial charge in [0, 0.05) is 16.5 Å². The van der Waals surface area contributed by atoms with Crippen LogP contribution in [0.2, 0.25) is 0 Å². The Bertz CT molecular complexity index is 1990. The Morgan fingerprint density at radius 2 is 1.76 bits per heavy atom. The number of pyridine rings is 1. The molecule has 7 rings (SSSR count). The van der Waals surface area contributed by atoms with Crippen molar-refractivity contribution in [3.63, 3.8) is 0 Å². The van der Waals surface area contributed by atoms with Gasteiger partial charge in [0.25, 0.3) is 10.1 Å². The summed E-state index contributed by atoms with van der Waals surface area (Å²) in [4.78, 5) is 14.5. The summed E-state index contributed by atoms with van der Waals surface area (Å²) in [7, 11) is -4.32. The van der Waals surface area contributed by atoms with E-state index in [1.807, 2.05) is 55.6 Å². The number of quaternary nitrogens is 1. The Morgan fingerprint density at radius 3 is 2.50 bits per heavy atom. The van der Waals surface area contributed by atoms with Crippen molar-refractivity contribution in [1.82, 2.24) is 4.98 Å². The van der Waals surface area contributed by atoms with Crippen molar-refractivity contribution in [2.24, 2.45) is 21.2 Å². The second-order valence-electron chi connectivity index (χ2n) is 11.4. The maximum Gasteiger partial charge on any atom is 0.294 e. The van der Waals surface area contributed by atoms with E-state index in [4.69, 9.17) is 15.8 Å². The number of amidine groups is 1. The summed E-state index contributed by atoms with van der Waals surface area (Å²) in [5.74, 6) is 7.96. The molecule has 210 valence electrons. The number of rotatable bonds is 6. The van der Waals surface area contributed by atoms with E-state index in [9.17, 15) is 13.0 Å². The predicted molar refractivity (Wildman–Crippen MR) is 165 cm³/mol. The molecule has 3 N–H and O–H groups in total. The third kappa shape index (κ3) is 4.33. The largest absolute Gasteiger partial charge is 0.294 e. The molecular weight excluding hydrogens is 546 g/mol. The summed E-state index contributed by atoms with van der Waals surface area (Å²) in [6, 6.07) is 25.1. The van der Waals surface area contributed by atoms with Gasteiger partial charge in [-0.3, -0.25) is 9.55 Å². The maximum atomic E-state index is 11.9. The van der Waals surface area contributed by atoms with E-state index < -0.39 is 10.1 Å². The van der Waals surface area contributed by atoms with E-state index in [1.54, 1.807) is 24.5 Å². The van der Waals surface area contributed by atoms with E-state index in [1.165, 1.54) is 6.07 Å². The van der Waals surface area contributed by atoms with Crippen LogP contribution in [-0.4, -0.2) is 34.6 Å². The molecule has 1 atom stereocenters. The summed E-state index contributed by atoms with van der Waals surface area (Å²) >= 11 is 0. The fraction of sp³-hybridized carbons (Fsp3) is 0.182. The normalized spacial score (nSPS) is 20.9. The third-order valence-corrected chi connectivity index (χ3v) is 9.61. The molecule has 3 aliphatic rings. The minimum Gasteiger partial charge on any atom is -0.282 e. The van der Waals surface area contributed by atoms with Crippen LogP contribution in [-0.2, 0) is 16.5 Å². The van der Waals surface area contributed by atoms with Gasteiger partial charge in [-0.1, -0.05) is 61.0 Å². The molecule has 8 nitrogen and oxygen atoms in total. The zero-order valence-electron chi connectivity index (χ0n) is 23.1. The molecule has 1 aliphatic carbocycles. The van der Waals surface area contributed by atoms with Gasteiger partial charge in [-0.15, -0.1) is 4.59 Å². The molecule has 0 bridgehead atoms. The molecule has 0 saturated heterocycles. The van der Waals surface area contributed by atoms with Crippen molar-refractivity contribution < 1.29 is 17.6 Å². The second kappa shape index (κ2) is 9.64. The second-order valence-corrected chi connectivity index (χ2v) is 12.8. The van der Waals surface area contributed by atoms with Gasteiger partial charge in [-0.2, -0.15) is 19.3 Å². The molecule has 1 aromatic heterocycles. The van der Waals surface area contributed by atoms with Crippen LogP contribution in [0, 0.1) is 12.3 Å². The lowest BCUT2D eigenvalue weighted by Gasteiger charge is -2.44. The van der Waals surface area contributed by atoms with Crippen molar-refractivity contribution in [3.8, 4) is 11.3 Å². The van der Waals surface area contributed by atoms with Crippen LogP contribution in [0.25, 0.3) is 27.9 Å². The number of nitrogens with zero attached hydrogens (tertiary/aromatic N) is 4. The first-order chi connectivity index (χ1) is 20.2. The number of hydrogen-bond acceptors (Lipinski definition) is 6. The molecular formula is C33H30N5O3S+. The average molecular weight is 577 g/mol. The average Bonchev–Trinajstić information content (AvgIpc) is 3.28. The lowest BCUT2D eigenvalue weighted by molar-refractivity contribution is -0.756. The Hall–Kier alpha value is -4.28. The highest BCUT2D eigenvalue weighted by Crippen LogP contribution is 2.51. The summed E-state index contributed by atoms with van der Waals surface area (Å²) in [6.45, 7) is 1.95. The van der Waals surface area contributed by atoms with Gasteiger partial charge in [0.2, 0.25) is 11.5 Å². The van der Waals surface area contributed by atoms with Gasteiger partial charge in [-0.05, 0) is 61.6 Å². The highest BCUT2D eigenvalue weighted by molar-refractivity contribution is 7.85. The molecule has 1 unspecified atom stereocenters. The number of aryl methyl sites for hydroxylation is 1. The number of benzene rings is 3. The summed E-state index contributed by atoms with van der Waals surface area (Å²) in [5, 5.41) is 1.03. The number of nitrogens with two attached hydrogens (primary N) is 1. The minimum atomic E-state index is -4.32. The van der Waals surface area contributed by atoms with Gasteiger partial charge < -0.3 is 0 Å². The number of fused-ring (bicyclic) bond motifs is 2. The number of allylic oxidation sites excluding steroid dienone is 1. The Balaban J connectivity index is 1.33. The first-order valence-electron chi connectivity index (χ1n) is 13.9. The first kappa shape index (κ1) is 26.6. The van der Waals surface area contributed by atoms with Crippen LogP contribution >= 0.6 is 0 Å². The predicted octanol–water partition coefficient (Wildman–Crippen LogP) is 6.20. The molecule has 1 fully saturated rings. The lowest BCUT2D eigenvalue weighted by Crippen LogP contribution is -2.60. The minimum absolute atomic E-state index is 0.0780.